The van der Waals surface area contributed by atoms with Gasteiger partial charge in [0.15, 0.2) is 5.54 Å². The molecule has 0 aliphatic carbocycles. The highest BCUT2D eigenvalue weighted by Gasteiger charge is 2.36. The molecule has 156 valence electrons. The van der Waals surface area contributed by atoms with E-state index in [1.807, 2.05) is 17.0 Å². The summed E-state index contributed by atoms with van der Waals surface area (Å²) in [6.07, 6.45) is 0.00928. The van der Waals surface area contributed by atoms with Gasteiger partial charge < -0.3 is 15.3 Å². The van der Waals surface area contributed by atoms with Crippen molar-refractivity contribution in [2.45, 2.75) is 18.9 Å². The highest BCUT2D eigenvalue weighted by atomic mass is 35.5. The number of nitrogens with one attached hydrogen (secondary N) is 1. The largest absolute Gasteiger partial charge is 0.479 e. The first kappa shape index (κ1) is 23.0. The number of anilines is 1. The topological polar surface area (TPSA) is 69.6 Å². The molecule has 1 unspecified atom stereocenters. The van der Waals surface area contributed by atoms with E-state index in [0.717, 1.165) is 23.4 Å². The molecular formula is C21H23Cl2FN2O3. The number of halogens is 3. The Morgan fingerprint density at radius 2 is 1.59 bits per heavy atom. The minimum absolute atomic E-state index is 0.00928. The van der Waals surface area contributed by atoms with Crippen LogP contribution in [-0.4, -0.2) is 41.8 Å². The Morgan fingerprint density at radius 1 is 1.03 bits per heavy atom. The van der Waals surface area contributed by atoms with Crippen LogP contribution in [0.1, 0.15) is 18.1 Å². The van der Waals surface area contributed by atoms with Crippen LogP contribution in [0.2, 0.25) is 0 Å². The van der Waals surface area contributed by atoms with Crippen molar-refractivity contribution in [3.05, 3.63) is 65.5 Å². The van der Waals surface area contributed by atoms with Gasteiger partial charge in [-0.25, -0.2) is 9.18 Å². The van der Waals surface area contributed by atoms with Gasteiger partial charge >= 0.3 is 5.97 Å². The van der Waals surface area contributed by atoms with Crippen molar-refractivity contribution >= 4 is 40.8 Å². The predicted octanol–water partition coefficient (Wildman–Crippen LogP) is 3.77. The quantitative estimate of drug-likeness (QED) is 0.551. The fourth-order valence-corrected chi connectivity index (χ4v) is 3.35. The fourth-order valence-electron chi connectivity index (χ4n) is 2.94. The zero-order valence-corrected chi connectivity index (χ0v) is 17.5. The molecule has 0 aromatic heterocycles. The van der Waals surface area contributed by atoms with E-state index in [1.165, 1.54) is 19.1 Å². The molecule has 0 spiro atoms. The van der Waals surface area contributed by atoms with Crippen LogP contribution < -0.4 is 10.2 Å². The summed E-state index contributed by atoms with van der Waals surface area (Å²) in [5.74, 6) is -1.22. The van der Waals surface area contributed by atoms with E-state index in [4.69, 9.17) is 23.2 Å². The molecule has 0 aliphatic heterocycles. The second kappa shape index (κ2) is 10.5. The van der Waals surface area contributed by atoms with Crippen LogP contribution in [-0.2, 0) is 21.5 Å². The maximum absolute atomic E-state index is 13.2. The predicted molar refractivity (Wildman–Crippen MR) is 113 cm³/mol. The molecule has 0 heterocycles. The summed E-state index contributed by atoms with van der Waals surface area (Å²) in [5, 5.41) is 12.2. The summed E-state index contributed by atoms with van der Waals surface area (Å²) >= 11 is 11.6. The van der Waals surface area contributed by atoms with Gasteiger partial charge in [0, 0.05) is 30.5 Å². The summed E-state index contributed by atoms with van der Waals surface area (Å²) < 4.78 is 13.2. The molecule has 0 radical (unpaired) electrons. The number of nitrogens with zero attached hydrogens (tertiary/aromatic N) is 1. The van der Waals surface area contributed by atoms with E-state index in [0.29, 0.717) is 24.8 Å². The number of rotatable bonds is 10. The van der Waals surface area contributed by atoms with E-state index in [-0.39, 0.29) is 12.0 Å². The summed E-state index contributed by atoms with van der Waals surface area (Å²) in [4.78, 5) is 26.3. The van der Waals surface area contributed by atoms with E-state index < -0.39 is 23.2 Å². The van der Waals surface area contributed by atoms with Crippen LogP contribution in [0.15, 0.2) is 48.5 Å². The highest BCUT2D eigenvalue weighted by Crippen LogP contribution is 2.22. The average molecular weight is 441 g/mol. The summed E-state index contributed by atoms with van der Waals surface area (Å²) in [6.45, 7) is 2.69. The lowest BCUT2D eigenvalue weighted by molar-refractivity contribution is -0.147. The zero-order valence-electron chi connectivity index (χ0n) is 16.0. The van der Waals surface area contributed by atoms with Crippen LogP contribution in [0.4, 0.5) is 10.1 Å². The number of carbonyl (C=O) groups excluding carboxylic acids is 1. The zero-order chi connectivity index (χ0) is 21.4. The van der Waals surface area contributed by atoms with Gasteiger partial charge in [-0.15, -0.1) is 23.2 Å². The van der Waals surface area contributed by atoms with Gasteiger partial charge in [0.2, 0.25) is 5.91 Å². The summed E-state index contributed by atoms with van der Waals surface area (Å²) in [7, 11) is 0. The van der Waals surface area contributed by atoms with E-state index >= 15 is 0 Å². The molecule has 0 bridgehead atoms. The third kappa shape index (κ3) is 6.08. The molecule has 5 nitrogen and oxygen atoms in total. The monoisotopic (exact) mass is 440 g/mol. The van der Waals surface area contributed by atoms with Crippen molar-refractivity contribution in [1.82, 2.24) is 5.32 Å². The van der Waals surface area contributed by atoms with Crippen molar-refractivity contribution < 1.29 is 19.1 Å². The van der Waals surface area contributed by atoms with Crippen molar-refractivity contribution in [2.24, 2.45) is 0 Å². The minimum Gasteiger partial charge on any atom is -0.479 e. The Bertz CT molecular complexity index is 825. The first-order valence-corrected chi connectivity index (χ1v) is 10.1. The summed E-state index contributed by atoms with van der Waals surface area (Å²) in [6, 6.07) is 12.4. The van der Waals surface area contributed by atoms with Crippen molar-refractivity contribution in [1.29, 1.82) is 0 Å². The normalized spacial score (nSPS) is 12.8. The van der Waals surface area contributed by atoms with E-state index in [9.17, 15) is 19.1 Å². The Hall–Kier alpha value is -2.31. The number of benzene rings is 2. The highest BCUT2D eigenvalue weighted by molar-refractivity contribution is 6.18. The number of hydrogen-bond acceptors (Lipinski definition) is 3. The second-order valence-corrected chi connectivity index (χ2v) is 7.45. The van der Waals surface area contributed by atoms with E-state index in [1.54, 1.807) is 12.1 Å². The molecule has 2 N–H and O–H groups in total. The van der Waals surface area contributed by atoms with Crippen LogP contribution in [0, 0.1) is 5.82 Å². The molecule has 0 fully saturated rings. The number of carboxylic acid groups (broad SMARTS) is 1. The van der Waals surface area contributed by atoms with Gasteiger partial charge in [-0.05, 0) is 42.3 Å². The van der Waals surface area contributed by atoms with Gasteiger partial charge in [0.25, 0.3) is 0 Å². The molecule has 1 amide bonds. The van der Waals surface area contributed by atoms with Gasteiger partial charge in [-0.2, -0.15) is 0 Å². The number of carbonyl (C=O) groups is 2. The van der Waals surface area contributed by atoms with Crippen LogP contribution in [0.25, 0.3) is 0 Å². The molecule has 8 heteroatoms. The number of alkyl halides is 2. The Morgan fingerprint density at radius 3 is 2.07 bits per heavy atom. The first-order chi connectivity index (χ1) is 13.8. The third-order valence-electron chi connectivity index (χ3n) is 4.61. The molecule has 2 aromatic rings. The lowest BCUT2D eigenvalue weighted by atomic mass is 9.91. The Labute approximate surface area is 179 Å². The maximum Gasteiger partial charge on any atom is 0.333 e. The Balaban J connectivity index is 2.10. The molecule has 0 saturated heterocycles. The third-order valence-corrected chi connectivity index (χ3v) is 4.95. The number of amides is 1. The van der Waals surface area contributed by atoms with Gasteiger partial charge in [-0.1, -0.05) is 24.3 Å². The molecule has 2 rings (SSSR count). The van der Waals surface area contributed by atoms with E-state index in [2.05, 4.69) is 5.32 Å². The molecular weight excluding hydrogens is 418 g/mol. The SMILES string of the molecule is CC(NC(=O)Cc1ccc(N(CCCl)CCCl)cc1)(C(=O)O)c1ccc(F)cc1. The van der Waals surface area contributed by atoms with Crippen molar-refractivity contribution in [3.63, 3.8) is 0 Å². The molecule has 29 heavy (non-hydrogen) atoms. The number of aliphatic carboxylic acids is 1. The smallest absolute Gasteiger partial charge is 0.333 e. The lowest BCUT2D eigenvalue weighted by Crippen LogP contribution is -2.50. The molecule has 2 aromatic carbocycles. The minimum atomic E-state index is -1.66. The number of carboxylic acids is 1. The molecule has 0 saturated carbocycles. The van der Waals surface area contributed by atoms with Crippen LogP contribution in [0.5, 0.6) is 0 Å². The van der Waals surface area contributed by atoms with Crippen LogP contribution >= 0.6 is 23.2 Å². The van der Waals surface area contributed by atoms with Crippen molar-refractivity contribution in [2.75, 3.05) is 29.7 Å². The van der Waals surface area contributed by atoms with Gasteiger partial charge in [0.05, 0.1) is 6.42 Å². The standard InChI is InChI=1S/C21H23Cl2FN2O3/c1-21(20(28)29,16-4-6-17(24)7-5-16)25-19(27)14-15-2-8-18(9-3-15)26(12-10-22)13-11-23/h2-9H,10-14H2,1H3,(H,25,27)(H,28,29). The number of hydrogen-bond donors (Lipinski definition) is 2. The molecule has 1 atom stereocenters. The average Bonchev–Trinajstić information content (AvgIpc) is 2.68. The second-order valence-electron chi connectivity index (χ2n) is 6.69. The first-order valence-electron chi connectivity index (χ1n) is 9.06. The lowest BCUT2D eigenvalue weighted by Gasteiger charge is -2.27. The molecule has 0 aliphatic rings. The maximum atomic E-state index is 13.2. The Kier molecular flexibility index (Phi) is 8.29. The van der Waals surface area contributed by atoms with Gasteiger partial charge in [0.1, 0.15) is 5.82 Å². The van der Waals surface area contributed by atoms with Crippen molar-refractivity contribution in [3.8, 4) is 0 Å². The van der Waals surface area contributed by atoms with Gasteiger partial charge in [-0.3, -0.25) is 4.79 Å². The van der Waals surface area contributed by atoms with Crippen LogP contribution in [0.3, 0.4) is 0 Å². The summed E-state index contributed by atoms with van der Waals surface area (Å²) in [5.41, 5.74) is 0.294. The fraction of sp³-hybridized carbons (Fsp3) is 0.333.